The lowest BCUT2D eigenvalue weighted by atomic mass is 10.1. The molecule has 0 aliphatic carbocycles. The van der Waals surface area contributed by atoms with Gasteiger partial charge in [-0.05, 0) is 19.1 Å². The number of likely N-dealkylation sites (tertiary alicyclic amines) is 1. The van der Waals surface area contributed by atoms with Crippen LogP contribution in [-0.2, 0) is 4.79 Å². The third-order valence-electron chi connectivity index (χ3n) is 3.35. The maximum Gasteiger partial charge on any atom is 0.163 e. The van der Waals surface area contributed by atoms with Crippen molar-refractivity contribution < 1.29 is 14.3 Å². The number of hydrogen-bond donors (Lipinski definition) is 0. The van der Waals surface area contributed by atoms with Crippen LogP contribution in [0.2, 0.25) is 0 Å². The van der Waals surface area contributed by atoms with E-state index in [4.69, 9.17) is 4.74 Å². The first-order chi connectivity index (χ1) is 9.16. The van der Waals surface area contributed by atoms with Gasteiger partial charge in [-0.1, -0.05) is 12.1 Å². The summed E-state index contributed by atoms with van der Waals surface area (Å²) in [6.07, 6.45) is 1.29. The minimum Gasteiger partial charge on any atom is -0.491 e. The Kier molecular flexibility index (Phi) is 4.68. The molecule has 0 radical (unpaired) electrons. The van der Waals surface area contributed by atoms with Crippen LogP contribution in [0.25, 0.3) is 0 Å². The zero-order chi connectivity index (χ0) is 13.7. The highest BCUT2D eigenvalue weighted by molar-refractivity contribution is 5.96. The Morgan fingerprint density at radius 2 is 1.95 bits per heavy atom. The average Bonchev–Trinajstić information content (AvgIpc) is 2.41. The molecular weight excluding hydrogens is 242 g/mol. The van der Waals surface area contributed by atoms with Gasteiger partial charge in [0.1, 0.15) is 18.1 Å². The number of carbonyl (C=O) groups is 2. The van der Waals surface area contributed by atoms with Crippen molar-refractivity contribution >= 4 is 11.6 Å². The number of nitrogens with zero attached hydrogens (tertiary/aromatic N) is 1. The molecule has 4 heteroatoms. The molecule has 19 heavy (non-hydrogen) atoms. The maximum absolute atomic E-state index is 11.4. The molecule has 0 aromatic heterocycles. The molecule has 1 saturated heterocycles. The summed E-state index contributed by atoms with van der Waals surface area (Å²) >= 11 is 0. The van der Waals surface area contributed by atoms with Gasteiger partial charge in [0.05, 0.1) is 5.56 Å². The summed E-state index contributed by atoms with van der Waals surface area (Å²) in [5, 5.41) is 0. The fourth-order valence-corrected chi connectivity index (χ4v) is 2.19. The molecule has 1 heterocycles. The first-order valence-electron chi connectivity index (χ1n) is 6.63. The molecule has 0 spiro atoms. The molecule has 0 saturated carbocycles. The van der Waals surface area contributed by atoms with Crippen molar-refractivity contribution in [2.24, 2.45) is 0 Å². The van der Waals surface area contributed by atoms with E-state index in [0.29, 0.717) is 36.5 Å². The van der Waals surface area contributed by atoms with Crippen molar-refractivity contribution in [3.05, 3.63) is 29.8 Å². The highest BCUT2D eigenvalue weighted by Crippen LogP contribution is 2.18. The lowest BCUT2D eigenvalue weighted by Gasteiger charge is -2.25. The summed E-state index contributed by atoms with van der Waals surface area (Å²) in [7, 11) is 0. The normalized spacial score (nSPS) is 16.4. The minimum atomic E-state index is 0.0131. The Bertz CT molecular complexity index is 460. The first kappa shape index (κ1) is 13.7. The van der Waals surface area contributed by atoms with Gasteiger partial charge in [-0.25, -0.2) is 0 Å². The highest BCUT2D eigenvalue weighted by Gasteiger charge is 2.16. The average molecular weight is 261 g/mol. The number of ether oxygens (including phenoxy) is 1. The van der Waals surface area contributed by atoms with Crippen molar-refractivity contribution in [2.75, 3.05) is 26.2 Å². The lowest BCUT2D eigenvalue weighted by molar-refractivity contribution is -0.121. The van der Waals surface area contributed by atoms with Crippen LogP contribution in [0.3, 0.4) is 0 Å². The molecule has 0 N–H and O–H groups in total. The van der Waals surface area contributed by atoms with Gasteiger partial charge in [-0.2, -0.15) is 0 Å². The van der Waals surface area contributed by atoms with Crippen LogP contribution >= 0.6 is 0 Å². The molecule has 1 fully saturated rings. The van der Waals surface area contributed by atoms with Gasteiger partial charge in [0.15, 0.2) is 5.78 Å². The molecule has 1 aromatic rings. The van der Waals surface area contributed by atoms with Gasteiger partial charge >= 0.3 is 0 Å². The Morgan fingerprint density at radius 1 is 1.26 bits per heavy atom. The second-order valence-corrected chi connectivity index (χ2v) is 4.78. The molecule has 0 unspecified atom stereocenters. The van der Waals surface area contributed by atoms with Crippen molar-refractivity contribution in [2.45, 2.75) is 19.8 Å². The van der Waals surface area contributed by atoms with Crippen LogP contribution in [0.4, 0.5) is 0 Å². The SMILES string of the molecule is CC(=O)c1ccccc1OCCN1CCC(=O)CC1. The number of piperidine rings is 1. The fraction of sp³-hybridized carbons (Fsp3) is 0.467. The molecule has 1 aromatic carbocycles. The van der Waals surface area contributed by atoms with Gasteiger partial charge in [-0.15, -0.1) is 0 Å². The van der Waals surface area contributed by atoms with Crippen molar-refractivity contribution in [3.8, 4) is 5.75 Å². The third kappa shape index (κ3) is 3.89. The van der Waals surface area contributed by atoms with E-state index in [0.717, 1.165) is 19.6 Å². The van der Waals surface area contributed by atoms with Gasteiger partial charge < -0.3 is 4.74 Å². The maximum atomic E-state index is 11.4. The monoisotopic (exact) mass is 261 g/mol. The van der Waals surface area contributed by atoms with E-state index in [1.165, 1.54) is 0 Å². The van der Waals surface area contributed by atoms with Crippen LogP contribution < -0.4 is 4.74 Å². The minimum absolute atomic E-state index is 0.0131. The van der Waals surface area contributed by atoms with Gasteiger partial charge in [0, 0.05) is 32.5 Å². The van der Waals surface area contributed by atoms with E-state index < -0.39 is 0 Å². The number of hydrogen-bond acceptors (Lipinski definition) is 4. The van der Waals surface area contributed by atoms with Gasteiger partial charge in [-0.3, -0.25) is 14.5 Å². The number of rotatable bonds is 5. The van der Waals surface area contributed by atoms with Crippen molar-refractivity contribution in [1.29, 1.82) is 0 Å². The third-order valence-corrected chi connectivity index (χ3v) is 3.35. The summed E-state index contributed by atoms with van der Waals surface area (Å²) in [6.45, 7) is 4.50. The molecule has 102 valence electrons. The van der Waals surface area contributed by atoms with Crippen LogP contribution in [0.5, 0.6) is 5.75 Å². The standard InChI is InChI=1S/C15H19NO3/c1-12(17)14-4-2-3-5-15(14)19-11-10-16-8-6-13(18)7-9-16/h2-5H,6-11H2,1H3. The Hall–Kier alpha value is -1.68. The summed E-state index contributed by atoms with van der Waals surface area (Å²) < 4.78 is 5.68. The Morgan fingerprint density at radius 3 is 2.63 bits per heavy atom. The Balaban J connectivity index is 1.83. The van der Waals surface area contributed by atoms with E-state index in [1.54, 1.807) is 13.0 Å². The Labute approximate surface area is 113 Å². The molecule has 0 bridgehead atoms. The van der Waals surface area contributed by atoms with Gasteiger partial charge in [0.2, 0.25) is 0 Å². The smallest absolute Gasteiger partial charge is 0.163 e. The van der Waals surface area contributed by atoms with E-state index in [1.807, 2.05) is 18.2 Å². The predicted molar refractivity (Wildman–Crippen MR) is 72.6 cm³/mol. The predicted octanol–water partition coefficient (Wildman–Crippen LogP) is 1.93. The molecule has 2 rings (SSSR count). The fourth-order valence-electron chi connectivity index (χ4n) is 2.19. The molecule has 0 atom stereocenters. The largest absolute Gasteiger partial charge is 0.491 e. The zero-order valence-corrected chi connectivity index (χ0v) is 11.2. The van der Waals surface area contributed by atoms with Crippen molar-refractivity contribution in [3.63, 3.8) is 0 Å². The summed E-state index contributed by atoms with van der Waals surface area (Å²) in [6, 6.07) is 7.29. The topological polar surface area (TPSA) is 46.6 Å². The number of ketones is 2. The zero-order valence-electron chi connectivity index (χ0n) is 11.2. The molecule has 0 amide bonds. The summed E-state index contributed by atoms with van der Waals surface area (Å²) in [4.78, 5) is 24.8. The number of carbonyl (C=O) groups excluding carboxylic acids is 2. The number of Topliss-reactive ketones (excluding diaryl/α,β-unsaturated/α-hetero) is 2. The second-order valence-electron chi connectivity index (χ2n) is 4.78. The molecule has 1 aliphatic heterocycles. The van der Waals surface area contributed by atoms with Crippen molar-refractivity contribution in [1.82, 2.24) is 4.90 Å². The molecular formula is C15H19NO3. The van der Waals surface area contributed by atoms with E-state index in [9.17, 15) is 9.59 Å². The quantitative estimate of drug-likeness (QED) is 0.760. The second kappa shape index (κ2) is 6.48. The van der Waals surface area contributed by atoms with Crippen LogP contribution in [0.1, 0.15) is 30.1 Å². The summed E-state index contributed by atoms with van der Waals surface area (Å²) in [5.41, 5.74) is 0.622. The number of para-hydroxylation sites is 1. The van der Waals surface area contributed by atoms with E-state index in [-0.39, 0.29) is 5.78 Å². The van der Waals surface area contributed by atoms with E-state index >= 15 is 0 Å². The molecule has 4 nitrogen and oxygen atoms in total. The van der Waals surface area contributed by atoms with Crippen LogP contribution in [-0.4, -0.2) is 42.7 Å². The van der Waals surface area contributed by atoms with Crippen LogP contribution in [0, 0.1) is 0 Å². The first-order valence-corrected chi connectivity index (χ1v) is 6.63. The molecule has 1 aliphatic rings. The van der Waals surface area contributed by atoms with Gasteiger partial charge in [0.25, 0.3) is 0 Å². The number of benzene rings is 1. The summed E-state index contributed by atoms with van der Waals surface area (Å²) in [5.74, 6) is 1.00. The lowest BCUT2D eigenvalue weighted by Crippen LogP contribution is -2.36. The highest BCUT2D eigenvalue weighted by atomic mass is 16.5. The van der Waals surface area contributed by atoms with E-state index in [2.05, 4.69) is 4.90 Å². The van der Waals surface area contributed by atoms with Crippen LogP contribution in [0.15, 0.2) is 24.3 Å².